The summed E-state index contributed by atoms with van der Waals surface area (Å²) < 4.78 is 33.6. The minimum absolute atomic E-state index is 0.250. The molecule has 0 saturated heterocycles. The summed E-state index contributed by atoms with van der Waals surface area (Å²) in [5.41, 5.74) is 2.18. The summed E-state index contributed by atoms with van der Waals surface area (Å²) >= 11 is 0. The summed E-state index contributed by atoms with van der Waals surface area (Å²) in [5.74, 6) is 0.693. The van der Waals surface area contributed by atoms with Gasteiger partial charge in [0.1, 0.15) is 5.75 Å². The lowest BCUT2D eigenvalue weighted by atomic mass is 10.1. The monoisotopic (exact) mass is 384 g/mol. The molecule has 1 heterocycles. The Morgan fingerprint density at radius 3 is 2.44 bits per heavy atom. The zero-order valence-electron chi connectivity index (χ0n) is 15.8. The van der Waals surface area contributed by atoms with E-state index in [4.69, 9.17) is 4.74 Å². The first-order valence-electron chi connectivity index (χ1n) is 8.69. The molecule has 0 amide bonds. The number of hydrogen-bond donors (Lipinski definition) is 0. The second-order valence-electron chi connectivity index (χ2n) is 6.59. The molecule has 0 spiro atoms. The van der Waals surface area contributed by atoms with Gasteiger partial charge >= 0.3 is 0 Å². The van der Waals surface area contributed by atoms with Gasteiger partial charge in [0, 0.05) is 11.9 Å². The van der Waals surface area contributed by atoms with E-state index in [1.807, 2.05) is 20.2 Å². The zero-order valence-corrected chi connectivity index (χ0v) is 16.7. The van der Waals surface area contributed by atoms with E-state index in [2.05, 4.69) is 11.5 Å². The standard InChI is InChI=1S/C21H24N2O3S/c1-5-20-18(13-14-22(2)3)19-15-16(26-4)11-12-21(19)23(20)27(24,25)17-9-7-6-8-10-17/h5-12,15H,1,13-14H2,2-4H3. The van der Waals surface area contributed by atoms with Gasteiger partial charge in [0.2, 0.25) is 0 Å². The second kappa shape index (κ2) is 7.58. The Hall–Kier alpha value is -2.57. The van der Waals surface area contributed by atoms with Crippen molar-refractivity contribution in [2.24, 2.45) is 0 Å². The van der Waals surface area contributed by atoms with Gasteiger partial charge < -0.3 is 9.64 Å². The molecule has 3 aromatic rings. The topological polar surface area (TPSA) is 51.5 Å². The highest BCUT2D eigenvalue weighted by atomic mass is 32.2. The predicted octanol–water partition coefficient (Wildman–Crippen LogP) is 3.63. The van der Waals surface area contributed by atoms with Crippen molar-refractivity contribution in [3.8, 4) is 5.75 Å². The first kappa shape index (κ1) is 19.2. The molecule has 0 fully saturated rings. The van der Waals surface area contributed by atoms with Gasteiger partial charge in [-0.2, -0.15) is 0 Å². The lowest BCUT2D eigenvalue weighted by Gasteiger charge is -2.12. The lowest BCUT2D eigenvalue weighted by molar-refractivity contribution is 0.413. The highest BCUT2D eigenvalue weighted by molar-refractivity contribution is 7.90. The molecular weight excluding hydrogens is 360 g/mol. The number of methoxy groups -OCH3 is 1. The quantitative estimate of drug-likeness (QED) is 0.624. The molecular formula is C21H24N2O3S. The van der Waals surface area contributed by atoms with Crippen LogP contribution in [0.25, 0.3) is 17.0 Å². The molecule has 0 aliphatic heterocycles. The van der Waals surface area contributed by atoms with Crippen molar-refractivity contribution in [2.45, 2.75) is 11.3 Å². The molecule has 0 atom stereocenters. The zero-order chi connectivity index (χ0) is 19.6. The van der Waals surface area contributed by atoms with Crippen LogP contribution in [0.3, 0.4) is 0 Å². The number of likely N-dealkylation sites (N-methyl/N-ethyl adjacent to an activating group) is 1. The minimum atomic E-state index is -3.75. The van der Waals surface area contributed by atoms with Crippen LogP contribution in [0.4, 0.5) is 0 Å². The molecule has 0 aliphatic carbocycles. The van der Waals surface area contributed by atoms with Gasteiger partial charge in [-0.1, -0.05) is 24.8 Å². The van der Waals surface area contributed by atoms with Crippen LogP contribution in [-0.4, -0.2) is 45.0 Å². The first-order chi connectivity index (χ1) is 12.9. The van der Waals surface area contributed by atoms with Crippen molar-refractivity contribution in [1.82, 2.24) is 8.87 Å². The van der Waals surface area contributed by atoms with Gasteiger partial charge in [0.25, 0.3) is 10.0 Å². The van der Waals surface area contributed by atoms with Gasteiger partial charge in [-0.3, -0.25) is 0 Å². The van der Waals surface area contributed by atoms with Crippen LogP contribution in [0.5, 0.6) is 5.75 Å². The molecule has 142 valence electrons. The van der Waals surface area contributed by atoms with E-state index in [-0.39, 0.29) is 4.90 Å². The van der Waals surface area contributed by atoms with Crippen LogP contribution in [0, 0.1) is 0 Å². The van der Waals surface area contributed by atoms with Crippen molar-refractivity contribution in [1.29, 1.82) is 0 Å². The van der Waals surface area contributed by atoms with Crippen LogP contribution in [0.15, 0.2) is 60.0 Å². The van der Waals surface area contributed by atoms with Crippen LogP contribution in [0.2, 0.25) is 0 Å². The number of ether oxygens (including phenoxy) is 1. The van der Waals surface area contributed by atoms with E-state index in [0.717, 1.165) is 17.5 Å². The molecule has 0 bridgehead atoms. The number of rotatable bonds is 7. The number of hydrogen-bond acceptors (Lipinski definition) is 4. The van der Waals surface area contributed by atoms with Crippen molar-refractivity contribution < 1.29 is 13.2 Å². The van der Waals surface area contributed by atoms with E-state index in [9.17, 15) is 8.42 Å². The number of aromatic nitrogens is 1. The third-order valence-electron chi connectivity index (χ3n) is 4.56. The average molecular weight is 385 g/mol. The van der Waals surface area contributed by atoms with Crippen molar-refractivity contribution in [2.75, 3.05) is 27.7 Å². The Balaban J connectivity index is 2.33. The normalized spacial score (nSPS) is 11.9. The van der Waals surface area contributed by atoms with Crippen molar-refractivity contribution in [3.05, 3.63) is 66.4 Å². The maximum absolute atomic E-state index is 13.4. The van der Waals surface area contributed by atoms with Crippen LogP contribution >= 0.6 is 0 Å². The highest BCUT2D eigenvalue weighted by Crippen LogP contribution is 2.33. The Kier molecular flexibility index (Phi) is 5.39. The molecule has 5 nitrogen and oxygen atoms in total. The molecule has 2 aromatic carbocycles. The summed E-state index contributed by atoms with van der Waals surface area (Å²) in [6, 6.07) is 13.9. The Morgan fingerprint density at radius 1 is 1.15 bits per heavy atom. The fourth-order valence-corrected chi connectivity index (χ4v) is 4.79. The van der Waals surface area contributed by atoms with E-state index in [1.165, 1.54) is 3.97 Å². The number of nitrogens with zero attached hydrogens (tertiary/aromatic N) is 2. The molecule has 0 N–H and O–H groups in total. The van der Waals surface area contributed by atoms with Crippen LogP contribution < -0.4 is 4.74 Å². The van der Waals surface area contributed by atoms with E-state index in [0.29, 0.717) is 23.4 Å². The number of benzene rings is 2. The fraction of sp³-hybridized carbons (Fsp3) is 0.238. The van der Waals surface area contributed by atoms with Gasteiger partial charge in [-0.15, -0.1) is 0 Å². The Labute approximate surface area is 160 Å². The number of fused-ring (bicyclic) bond motifs is 1. The highest BCUT2D eigenvalue weighted by Gasteiger charge is 2.25. The molecule has 27 heavy (non-hydrogen) atoms. The molecule has 0 radical (unpaired) electrons. The van der Waals surface area contributed by atoms with Crippen molar-refractivity contribution in [3.63, 3.8) is 0 Å². The lowest BCUT2D eigenvalue weighted by Crippen LogP contribution is -2.17. The maximum Gasteiger partial charge on any atom is 0.268 e. The Morgan fingerprint density at radius 2 is 1.85 bits per heavy atom. The average Bonchev–Trinajstić information content (AvgIpc) is 3.00. The molecule has 0 saturated carbocycles. The summed E-state index contributed by atoms with van der Waals surface area (Å²) in [5, 5.41) is 0.866. The van der Waals surface area contributed by atoms with Crippen LogP contribution in [-0.2, 0) is 16.4 Å². The molecule has 1 aromatic heterocycles. The molecule has 6 heteroatoms. The summed E-state index contributed by atoms with van der Waals surface area (Å²) in [6.07, 6.45) is 2.33. The molecule has 0 unspecified atom stereocenters. The van der Waals surface area contributed by atoms with Crippen LogP contribution in [0.1, 0.15) is 11.3 Å². The summed E-state index contributed by atoms with van der Waals surface area (Å²) in [7, 11) is 1.84. The van der Waals surface area contributed by atoms with E-state index >= 15 is 0 Å². The van der Waals surface area contributed by atoms with Gasteiger partial charge in [-0.05, 0) is 62.5 Å². The minimum Gasteiger partial charge on any atom is -0.497 e. The molecule has 0 aliphatic rings. The van der Waals surface area contributed by atoms with Crippen molar-refractivity contribution >= 4 is 27.0 Å². The smallest absolute Gasteiger partial charge is 0.268 e. The van der Waals surface area contributed by atoms with E-state index in [1.54, 1.807) is 55.7 Å². The fourth-order valence-electron chi connectivity index (χ4n) is 3.21. The third-order valence-corrected chi connectivity index (χ3v) is 6.30. The Bertz CT molecular complexity index is 1070. The first-order valence-corrected chi connectivity index (χ1v) is 10.1. The third kappa shape index (κ3) is 3.50. The summed E-state index contributed by atoms with van der Waals surface area (Å²) in [6.45, 7) is 4.69. The molecule has 3 rings (SSSR count). The van der Waals surface area contributed by atoms with Gasteiger partial charge in [0.15, 0.2) is 0 Å². The van der Waals surface area contributed by atoms with Gasteiger partial charge in [-0.25, -0.2) is 12.4 Å². The SMILES string of the molecule is C=Cc1c(CCN(C)C)c2cc(OC)ccc2n1S(=O)(=O)c1ccccc1. The largest absolute Gasteiger partial charge is 0.497 e. The second-order valence-corrected chi connectivity index (χ2v) is 8.37. The van der Waals surface area contributed by atoms with E-state index < -0.39 is 10.0 Å². The predicted molar refractivity (Wildman–Crippen MR) is 110 cm³/mol. The van der Waals surface area contributed by atoms with Gasteiger partial charge in [0.05, 0.1) is 23.2 Å². The summed E-state index contributed by atoms with van der Waals surface area (Å²) in [4.78, 5) is 2.32. The maximum atomic E-state index is 13.4.